The number of unbranched alkanes of at least 4 members (excludes halogenated alkanes) is 1. The van der Waals surface area contributed by atoms with E-state index in [2.05, 4.69) is 49.4 Å². The predicted molar refractivity (Wildman–Crippen MR) is 73.0 cm³/mol. The van der Waals surface area contributed by atoms with Crippen LogP contribution in [-0.4, -0.2) is 6.29 Å². The minimum Gasteiger partial charge on any atom is -0.303 e. The van der Waals surface area contributed by atoms with Gasteiger partial charge in [0.15, 0.2) is 0 Å². The summed E-state index contributed by atoms with van der Waals surface area (Å²) in [6.45, 7) is 2.13. The maximum atomic E-state index is 10.4. The Kier molecular flexibility index (Phi) is 7.04. The Morgan fingerprint density at radius 3 is 2.65 bits per heavy atom. The minimum atomic E-state index is 0.434. The molecular formula is C16H22O. The van der Waals surface area contributed by atoms with E-state index >= 15 is 0 Å². The molecule has 0 saturated heterocycles. The molecule has 0 heterocycles. The van der Waals surface area contributed by atoms with E-state index in [0.717, 1.165) is 25.5 Å². The molecule has 0 fully saturated rings. The van der Waals surface area contributed by atoms with Crippen LogP contribution in [0.5, 0.6) is 0 Å². The zero-order valence-corrected chi connectivity index (χ0v) is 10.6. The van der Waals surface area contributed by atoms with Crippen molar-refractivity contribution < 1.29 is 4.79 Å². The third kappa shape index (κ3) is 6.06. The third-order valence-corrected chi connectivity index (χ3v) is 3.01. The Labute approximate surface area is 105 Å². The summed E-state index contributed by atoms with van der Waals surface area (Å²) in [4.78, 5) is 10.4. The topological polar surface area (TPSA) is 17.1 Å². The average molecular weight is 230 g/mol. The molecule has 1 atom stereocenters. The molecule has 0 radical (unpaired) electrons. The second kappa shape index (κ2) is 8.74. The number of aryl methyl sites for hydroxylation is 1. The van der Waals surface area contributed by atoms with Gasteiger partial charge in [-0.2, -0.15) is 0 Å². The van der Waals surface area contributed by atoms with Gasteiger partial charge in [0.2, 0.25) is 0 Å². The molecule has 0 spiro atoms. The van der Waals surface area contributed by atoms with Gasteiger partial charge in [0, 0.05) is 6.42 Å². The first kappa shape index (κ1) is 13.7. The maximum Gasteiger partial charge on any atom is 0.120 e. The van der Waals surface area contributed by atoms with Gasteiger partial charge in [0.1, 0.15) is 6.29 Å². The monoisotopic (exact) mass is 230 g/mol. The van der Waals surface area contributed by atoms with Crippen LogP contribution in [0, 0.1) is 5.92 Å². The summed E-state index contributed by atoms with van der Waals surface area (Å²) in [5.41, 5.74) is 1.40. The molecule has 1 nitrogen and oxygen atoms in total. The Bertz CT molecular complexity index is 327. The van der Waals surface area contributed by atoms with Crippen molar-refractivity contribution in [1.82, 2.24) is 0 Å². The van der Waals surface area contributed by atoms with Gasteiger partial charge in [-0.25, -0.2) is 0 Å². The van der Waals surface area contributed by atoms with E-state index in [4.69, 9.17) is 0 Å². The highest BCUT2D eigenvalue weighted by molar-refractivity contribution is 5.50. The van der Waals surface area contributed by atoms with E-state index < -0.39 is 0 Å². The van der Waals surface area contributed by atoms with Crippen LogP contribution in [0.3, 0.4) is 0 Å². The average Bonchev–Trinajstić information content (AvgIpc) is 2.38. The molecule has 1 heteroatoms. The fraction of sp³-hybridized carbons (Fsp3) is 0.438. The van der Waals surface area contributed by atoms with Crippen LogP contribution >= 0.6 is 0 Å². The van der Waals surface area contributed by atoms with Crippen molar-refractivity contribution >= 4 is 6.29 Å². The molecule has 92 valence electrons. The molecule has 0 aliphatic rings. The lowest BCUT2D eigenvalue weighted by atomic mass is 10.0. The lowest BCUT2D eigenvalue weighted by Gasteiger charge is -2.04. The summed E-state index contributed by atoms with van der Waals surface area (Å²) >= 11 is 0. The first-order valence-electron chi connectivity index (χ1n) is 6.51. The van der Waals surface area contributed by atoms with E-state index in [-0.39, 0.29) is 0 Å². The number of aldehydes is 1. The Balaban J connectivity index is 2.19. The molecule has 0 amide bonds. The third-order valence-electron chi connectivity index (χ3n) is 3.01. The van der Waals surface area contributed by atoms with Crippen molar-refractivity contribution in [3.05, 3.63) is 48.0 Å². The molecule has 17 heavy (non-hydrogen) atoms. The fourth-order valence-corrected chi connectivity index (χ4v) is 1.86. The van der Waals surface area contributed by atoms with Crippen molar-refractivity contribution in [3.8, 4) is 0 Å². The molecule has 0 aromatic heterocycles. The second-order valence-corrected chi connectivity index (χ2v) is 4.38. The Morgan fingerprint density at radius 1 is 1.24 bits per heavy atom. The van der Waals surface area contributed by atoms with Gasteiger partial charge >= 0.3 is 0 Å². The maximum absolute atomic E-state index is 10.4. The SMILES string of the molecule is CCC(/C=C/CCCc1ccccc1)CC=O. The van der Waals surface area contributed by atoms with Crippen LogP contribution in [0.2, 0.25) is 0 Å². The number of hydrogen-bond donors (Lipinski definition) is 0. The van der Waals surface area contributed by atoms with Crippen molar-refractivity contribution in [3.63, 3.8) is 0 Å². The highest BCUT2D eigenvalue weighted by Gasteiger charge is 1.99. The molecule has 0 saturated carbocycles. The van der Waals surface area contributed by atoms with Gasteiger partial charge in [-0.1, -0.05) is 49.4 Å². The molecule has 1 rings (SSSR count). The summed E-state index contributed by atoms with van der Waals surface area (Å²) in [7, 11) is 0. The zero-order chi connectivity index (χ0) is 12.3. The smallest absolute Gasteiger partial charge is 0.120 e. The number of hydrogen-bond acceptors (Lipinski definition) is 1. The molecule has 0 aliphatic carbocycles. The highest BCUT2D eigenvalue weighted by atomic mass is 16.1. The van der Waals surface area contributed by atoms with E-state index in [0.29, 0.717) is 12.3 Å². The van der Waals surface area contributed by atoms with Gasteiger partial charge in [0.25, 0.3) is 0 Å². The van der Waals surface area contributed by atoms with Crippen LogP contribution < -0.4 is 0 Å². The van der Waals surface area contributed by atoms with Gasteiger partial charge in [-0.3, -0.25) is 0 Å². The van der Waals surface area contributed by atoms with Crippen LogP contribution in [0.1, 0.15) is 38.2 Å². The highest BCUT2D eigenvalue weighted by Crippen LogP contribution is 2.10. The van der Waals surface area contributed by atoms with Crippen LogP contribution in [0.25, 0.3) is 0 Å². The summed E-state index contributed by atoms with van der Waals surface area (Å²) in [6.07, 6.45) is 10.6. The van der Waals surface area contributed by atoms with Crippen LogP contribution in [-0.2, 0) is 11.2 Å². The van der Waals surface area contributed by atoms with Gasteiger partial charge < -0.3 is 4.79 Å². The molecule has 0 N–H and O–H groups in total. The predicted octanol–water partition coefficient (Wildman–Crippen LogP) is 4.18. The van der Waals surface area contributed by atoms with Crippen LogP contribution in [0.15, 0.2) is 42.5 Å². The van der Waals surface area contributed by atoms with Crippen molar-refractivity contribution in [2.75, 3.05) is 0 Å². The molecule has 0 bridgehead atoms. The fourth-order valence-electron chi connectivity index (χ4n) is 1.86. The molecule has 1 aromatic carbocycles. The van der Waals surface area contributed by atoms with Gasteiger partial charge in [0.05, 0.1) is 0 Å². The molecule has 1 aromatic rings. The van der Waals surface area contributed by atoms with E-state index in [9.17, 15) is 4.79 Å². The lowest BCUT2D eigenvalue weighted by molar-refractivity contribution is -0.108. The Hall–Kier alpha value is -1.37. The second-order valence-electron chi connectivity index (χ2n) is 4.38. The van der Waals surface area contributed by atoms with Crippen molar-refractivity contribution in [2.24, 2.45) is 5.92 Å². The molecule has 0 aliphatic heterocycles. The molecule has 1 unspecified atom stereocenters. The van der Waals surface area contributed by atoms with Crippen LogP contribution in [0.4, 0.5) is 0 Å². The lowest BCUT2D eigenvalue weighted by Crippen LogP contribution is -1.94. The summed E-state index contributed by atoms with van der Waals surface area (Å²) in [5.74, 6) is 0.434. The number of allylic oxidation sites excluding steroid dienone is 2. The number of carbonyl (C=O) groups is 1. The Morgan fingerprint density at radius 2 is 2.00 bits per heavy atom. The first-order chi connectivity index (χ1) is 8.36. The number of carbonyl (C=O) groups excluding carboxylic acids is 1. The molecular weight excluding hydrogens is 208 g/mol. The quantitative estimate of drug-likeness (QED) is 0.372. The van der Waals surface area contributed by atoms with Crippen molar-refractivity contribution in [2.45, 2.75) is 39.0 Å². The number of benzene rings is 1. The summed E-state index contributed by atoms with van der Waals surface area (Å²) < 4.78 is 0. The van der Waals surface area contributed by atoms with Gasteiger partial charge in [-0.05, 0) is 37.2 Å². The van der Waals surface area contributed by atoms with Crippen molar-refractivity contribution in [1.29, 1.82) is 0 Å². The summed E-state index contributed by atoms with van der Waals surface area (Å²) in [6, 6.07) is 10.6. The van der Waals surface area contributed by atoms with Gasteiger partial charge in [-0.15, -0.1) is 0 Å². The summed E-state index contributed by atoms with van der Waals surface area (Å²) in [5, 5.41) is 0. The standard InChI is InChI=1S/C16H22O/c1-2-15(13-14-17)9-5-3-6-10-16-11-7-4-8-12-16/h4-5,7-9,11-12,14-15H,2-3,6,10,13H2,1H3/b9-5+. The van der Waals surface area contributed by atoms with E-state index in [1.54, 1.807) is 0 Å². The van der Waals surface area contributed by atoms with E-state index in [1.165, 1.54) is 12.0 Å². The minimum absolute atomic E-state index is 0.434. The zero-order valence-electron chi connectivity index (χ0n) is 10.6. The largest absolute Gasteiger partial charge is 0.303 e. The normalized spacial score (nSPS) is 12.8. The number of rotatable bonds is 8. The first-order valence-corrected chi connectivity index (χ1v) is 6.51. The van der Waals surface area contributed by atoms with E-state index in [1.807, 2.05) is 0 Å².